The lowest BCUT2D eigenvalue weighted by Crippen LogP contribution is -2.37. The van der Waals surface area contributed by atoms with Crippen LogP contribution in [-0.4, -0.2) is 49.5 Å². The number of hydrogen-bond donors (Lipinski definition) is 1. The Morgan fingerprint density at radius 1 is 1.43 bits per heavy atom. The third kappa shape index (κ3) is 4.78. The molecule has 0 aliphatic carbocycles. The molecule has 0 saturated carbocycles. The van der Waals surface area contributed by atoms with Crippen molar-refractivity contribution in [1.29, 1.82) is 0 Å². The summed E-state index contributed by atoms with van der Waals surface area (Å²) in [6.45, 7) is 1.62. The van der Waals surface area contributed by atoms with Crippen molar-refractivity contribution in [3.05, 3.63) is 40.6 Å². The normalized spacial score (nSPS) is 13.6. The summed E-state index contributed by atoms with van der Waals surface area (Å²) in [4.78, 5) is 13.2. The molecule has 1 atom stereocenters. The van der Waals surface area contributed by atoms with Crippen molar-refractivity contribution in [3.8, 4) is 0 Å². The summed E-state index contributed by atoms with van der Waals surface area (Å²) < 4.78 is 37.7. The number of hydrogen-bond acceptors (Lipinski definition) is 7. The summed E-state index contributed by atoms with van der Waals surface area (Å²) in [6.07, 6.45) is 1.54. The van der Waals surface area contributed by atoms with Crippen LogP contribution >= 0.6 is 0 Å². The SMILES string of the molecule is Cc1nn(CCS(=O)(=O)NCC(c2ccco2)N(C)C)c(=O)o1. The third-order valence-corrected chi connectivity index (χ3v) is 4.60. The van der Waals surface area contributed by atoms with Crippen LogP contribution in [0, 0.1) is 6.92 Å². The van der Waals surface area contributed by atoms with Crippen LogP contribution in [0.5, 0.6) is 0 Å². The molecule has 0 radical (unpaired) electrons. The summed E-state index contributed by atoms with van der Waals surface area (Å²) in [5.74, 6) is -0.0664. The Hall–Kier alpha value is -1.91. The summed E-state index contributed by atoms with van der Waals surface area (Å²) >= 11 is 0. The molecule has 0 aliphatic rings. The van der Waals surface area contributed by atoms with Crippen LogP contribution in [0.1, 0.15) is 17.7 Å². The highest BCUT2D eigenvalue weighted by molar-refractivity contribution is 7.89. The van der Waals surface area contributed by atoms with Gasteiger partial charge in [-0.2, -0.15) is 4.68 Å². The summed E-state index contributed by atoms with van der Waals surface area (Å²) in [5.41, 5.74) is 0. The van der Waals surface area contributed by atoms with Gasteiger partial charge >= 0.3 is 5.76 Å². The van der Waals surface area contributed by atoms with Gasteiger partial charge in [-0.3, -0.25) is 4.90 Å². The highest BCUT2D eigenvalue weighted by atomic mass is 32.2. The number of likely N-dealkylation sites (N-methyl/N-ethyl adjacent to an activating group) is 1. The van der Waals surface area contributed by atoms with Gasteiger partial charge in [-0.25, -0.2) is 17.9 Å². The molecule has 0 spiro atoms. The second-order valence-corrected chi connectivity index (χ2v) is 7.20. The van der Waals surface area contributed by atoms with Crippen molar-refractivity contribution in [2.45, 2.75) is 19.5 Å². The van der Waals surface area contributed by atoms with Gasteiger partial charge in [0.25, 0.3) is 0 Å². The number of aromatic nitrogens is 2. The molecule has 23 heavy (non-hydrogen) atoms. The number of furan rings is 1. The number of rotatable bonds is 8. The molecule has 1 N–H and O–H groups in total. The zero-order chi connectivity index (χ0) is 17.0. The van der Waals surface area contributed by atoms with Gasteiger partial charge in [0, 0.05) is 13.5 Å². The minimum atomic E-state index is -3.57. The monoisotopic (exact) mass is 344 g/mol. The first kappa shape index (κ1) is 17.4. The molecule has 128 valence electrons. The summed E-state index contributed by atoms with van der Waals surface area (Å²) in [7, 11) is 0.0985. The maximum absolute atomic E-state index is 12.1. The Labute approximate surface area is 133 Å². The van der Waals surface area contributed by atoms with Crippen LogP contribution in [0.2, 0.25) is 0 Å². The molecule has 2 aromatic rings. The highest BCUT2D eigenvalue weighted by Gasteiger charge is 2.20. The highest BCUT2D eigenvalue weighted by Crippen LogP contribution is 2.17. The van der Waals surface area contributed by atoms with Crippen LogP contribution in [-0.2, 0) is 16.6 Å². The average Bonchev–Trinajstić information content (AvgIpc) is 3.06. The van der Waals surface area contributed by atoms with Gasteiger partial charge in [0.15, 0.2) is 0 Å². The smallest absolute Gasteiger partial charge is 0.437 e. The van der Waals surface area contributed by atoms with E-state index in [-0.39, 0.29) is 30.8 Å². The Kier molecular flexibility index (Phi) is 5.39. The fraction of sp³-hybridized carbons (Fsp3) is 0.538. The van der Waals surface area contributed by atoms with Gasteiger partial charge in [0.2, 0.25) is 15.9 Å². The van der Waals surface area contributed by atoms with Crippen molar-refractivity contribution in [2.75, 3.05) is 26.4 Å². The fourth-order valence-electron chi connectivity index (χ4n) is 2.05. The molecule has 0 saturated heterocycles. The fourth-order valence-corrected chi connectivity index (χ4v) is 3.02. The lowest BCUT2D eigenvalue weighted by Gasteiger charge is -2.22. The van der Waals surface area contributed by atoms with Gasteiger partial charge in [-0.05, 0) is 26.2 Å². The molecular weight excluding hydrogens is 324 g/mol. The number of nitrogens with one attached hydrogen (secondary N) is 1. The standard InChI is InChI=1S/C13H20N4O5S/c1-10-15-17(13(18)22-10)6-8-23(19,20)14-9-11(16(2)3)12-5-4-7-21-12/h4-5,7,11,14H,6,8-9H2,1-3H3. The van der Waals surface area contributed by atoms with E-state index in [1.165, 1.54) is 6.92 Å². The molecule has 0 bridgehead atoms. The second kappa shape index (κ2) is 7.11. The number of aryl methyl sites for hydroxylation is 2. The van der Waals surface area contributed by atoms with E-state index < -0.39 is 15.8 Å². The molecule has 2 heterocycles. The Balaban J connectivity index is 1.95. The molecule has 0 amide bonds. The predicted molar refractivity (Wildman–Crippen MR) is 82.4 cm³/mol. The molecule has 0 aliphatic heterocycles. The molecule has 2 rings (SSSR count). The lowest BCUT2D eigenvalue weighted by atomic mass is 10.2. The number of nitrogens with zero attached hydrogens (tertiary/aromatic N) is 3. The summed E-state index contributed by atoms with van der Waals surface area (Å²) in [6, 6.07) is 3.31. The Morgan fingerprint density at radius 2 is 2.17 bits per heavy atom. The molecule has 1 unspecified atom stereocenters. The molecule has 2 aromatic heterocycles. The van der Waals surface area contributed by atoms with E-state index in [1.54, 1.807) is 18.4 Å². The van der Waals surface area contributed by atoms with Crippen LogP contribution in [0.15, 0.2) is 32.0 Å². The van der Waals surface area contributed by atoms with Crippen molar-refractivity contribution >= 4 is 10.0 Å². The van der Waals surface area contributed by atoms with E-state index in [9.17, 15) is 13.2 Å². The maximum atomic E-state index is 12.1. The molecule has 0 fully saturated rings. The van der Waals surface area contributed by atoms with Crippen LogP contribution in [0.4, 0.5) is 0 Å². The van der Waals surface area contributed by atoms with Crippen LogP contribution in [0.25, 0.3) is 0 Å². The third-order valence-electron chi connectivity index (χ3n) is 3.27. The van der Waals surface area contributed by atoms with E-state index in [4.69, 9.17) is 8.83 Å². The van der Waals surface area contributed by atoms with E-state index in [0.29, 0.717) is 5.76 Å². The van der Waals surface area contributed by atoms with Crippen LogP contribution in [0.3, 0.4) is 0 Å². The van der Waals surface area contributed by atoms with E-state index in [2.05, 4.69) is 9.82 Å². The van der Waals surface area contributed by atoms with Crippen molar-refractivity contribution in [2.24, 2.45) is 0 Å². The van der Waals surface area contributed by atoms with Crippen LogP contribution < -0.4 is 10.5 Å². The van der Waals surface area contributed by atoms with Gasteiger partial charge in [0.1, 0.15) is 5.76 Å². The van der Waals surface area contributed by atoms with Gasteiger partial charge < -0.3 is 8.83 Å². The Morgan fingerprint density at radius 3 is 2.70 bits per heavy atom. The van der Waals surface area contributed by atoms with Gasteiger partial charge in [-0.15, -0.1) is 5.10 Å². The second-order valence-electron chi connectivity index (χ2n) is 5.27. The summed E-state index contributed by atoms with van der Waals surface area (Å²) in [5, 5.41) is 3.80. The molecule has 10 heteroatoms. The predicted octanol–water partition coefficient (Wildman–Crippen LogP) is -0.0400. The molecule has 9 nitrogen and oxygen atoms in total. The van der Waals surface area contributed by atoms with Gasteiger partial charge in [0.05, 0.1) is 24.6 Å². The quantitative estimate of drug-likeness (QED) is 0.715. The van der Waals surface area contributed by atoms with E-state index in [1.807, 2.05) is 19.0 Å². The van der Waals surface area contributed by atoms with Crippen molar-refractivity contribution < 1.29 is 17.3 Å². The minimum absolute atomic E-state index is 0.0705. The van der Waals surface area contributed by atoms with E-state index in [0.717, 1.165) is 4.68 Å². The first-order chi connectivity index (χ1) is 10.8. The zero-order valence-corrected chi connectivity index (χ0v) is 14.0. The first-order valence-electron chi connectivity index (χ1n) is 7.00. The average molecular weight is 344 g/mol. The zero-order valence-electron chi connectivity index (χ0n) is 13.2. The largest absolute Gasteiger partial charge is 0.468 e. The van der Waals surface area contributed by atoms with Gasteiger partial charge in [-0.1, -0.05) is 0 Å². The maximum Gasteiger partial charge on any atom is 0.437 e. The first-order valence-corrected chi connectivity index (χ1v) is 8.65. The van der Waals surface area contributed by atoms with Crippen molar-refractivity contribution in [3.63, 3.8) is 0 Å². The topological polar surface area (TPSA) is 111 Å². The minimum Gasteiger partial charge on any atom is -0.468 e. The number of sulfonamides is 1. The van der Waals surface area contributed by atoms with Crippen molar-refractivity contribution in [1.82, 2.24) is 19.4 Å². The Bertz CT molecular complexity index is 776. The van der Waals surface area contributed by atoms with E-state index >= 15 is 0 Å². The lowest BCUT2D eigenvalue weighted by molar-refractivity contribution is 0.259. The molecule has 0 aromatic carbocycles. The molecular formula is C13H20N4O5S.